The fourth-order valence-electron chi connectivity index (χ4n) is 4.48. The molecule has 7 heteroatoms. The fraction of sp³-hybridized carbons (Fsp3) is 0.421. The molecular formula is C19H21N5O2. The molecule has 3 aromatic rings. The summed E-state index contributed by atoms with van der Waals surface area (Å²) in [6, 6.07) is 3.64. The van der Waals surface area contributed by atoms with Gasteiger partial charge in [0.25, 0.3) is 5.91 Å². The highest BCUT2D eigenvalue weighted by atomic mass is 16.5. The van der Waals surface area contributed by atoms with Gasteiger partial charge in [0.05, 0.1) is 23.6 Å². The number of amides is 1. The highest BCUT2D eigenvalue weighted by Crippen LogP contribution is 2.58. The van der Waals surface area contributed by atoms with E-state index in [0.29, 0.717) is 5.69 Å². The maximum Gasteiger partial charge on any atom is 0.276 e. The fourth-order valence-corrected chi connectivity index (χ4v) is 4.48. The molecule has 0 atom stereocenters. The van der Waals surface area contributed by atoms with Crippen molar-refractivity contribution in [2.24, 2.45) is 7.05 Å². The zero-order chi connectivity index (χ0) is 18.1. The zero-order valence-electron chi connectivity index (χ0n) is 15.1. The van der Waals surface area contributed by atoms with Crippen molar-refractivity contribution in [1.29, 1.82) is 0 Å². The van der Waals surface area contributed by atoms with Crippen LogP contribution >= 0.6 is 0 Å². The van der Waals surface area contributed by atoms with Crippen LogP contribution in [0.4, 0.5) is 5.69 Å². The third kappa shape index (κ3) is 2.20. The minimum absolute atomic E-state index is 0.0344. The van der Waals surface area contributed by atoms with Crippen LogP contribution in [0.2, 0.25) is 0 Å². The Morgan fingerprint density at radius 2 is 2.15 bits per heavy atom. The van der Waals surface area contributed by atoms with Crippen molar-refractivity contribution in [2.45, 2.75) is 37.7 Å². The first kappa shape index (κ1) is 15.6. The maximum atomic E-state index is 12.4. The number of rotatable bonds is 3. The highest BCUT2D eigenvalue weighted by molar-refractivity contribution is 6.02. The molecule has 2 saturated heterocycles. The molecule has 3 aromatic heterocycles. The number of nitrogens with one attached hydrogen (secondary N) is 1. The van der Waals surface area contributed by atoms with Crippen molar-refractivity contribution in [2.75, 3.05) is 11.9 Å². The third-order valence-corrected chi connectivity index (χ3v) is 5.60. The molecule has 5 heterocycles. The number of nitrogens with zero attached hydrogens (tertiary/aromatic N) is 4. The average Bonchev–Trinajstić information content (AvgIpc) is 3.28. The number of anilines is 1. The van der Waals surface area contributed by atoms with Crippen molar-refractivity contribution in [3.8, 4) is 0 Å². The van der Waals surface area contributed by atoms with Crippen LogP contribution in [0.3, 0.4) is 0 Å². The molecule has 1 amide bonds. The SMILES string of the molecule is Cc1cc(NC(=O)c2ccn(C)n2)cn2cc(C34COC(C)(C3)C4)nc12. The van der Waals surface area contributed by atoms with Crippen molar-refractivity contribution < 1.29 is 9.53 Å². The van der Waals surface area contributed by atoms with E-state index in [-0.39, 0.29) is 16.9 Å². The second-order valence-corrected chi connectivity index (χ2v) is 7.97. The first-order chi connectivity index (χ1) is 12.4. The number of pyridine rings is 1. The molecule has 7 nitrogen and oxygen atoms in total. The minimum Gasteiger partial charge on any atom is -0.374 e. The summed E-state index contributed by atoms with van der Waals surface area (Å²) in [4.78, 5) is 17.2. The summed E-state index contributed by atoms with van der Waals surface area (Å²) in [5.41, 5.74) is 4.25. The van der Waals surface area contributed by atoms with Gasteiger partial charge in [-0.1, -0.05) is 0 Å². The van der Waals surface area contributed by atoms with E-state index >= 15 is 0 Å². The monoisotopic (exact) mass is 351 g/mol. The number of ether oxygens (including phenoxy) is 1. The Bertz CT molecular complexity index is 1040. The number of hydrogen-bond acceptors (Lipinski definition) is 4. The molecule has 134 valence electrons. The number of imidazole rings is 1. The average molecular weight is 351 g/mol. The Hall–Kier alpha value is -2.67. The molecule has 3 fully saturated rings. The standard InChI is InChI=1S/C19H21N5O2/c1-12-6-13(20-17(25)14-4-5-23(3)22-14)7-24-8-15(21-16(12)24)19-9-18(2,10-19)26-11-19/h4-8H,9-11H2,1-3H3,(H,20,25). The molecule has 3 aliphatic rings. The summed E-state index contributed by atoms with van der Waals surface area (Å²) in [5, 5.41) is 7.06. The Morgan fingerprint density at radius 1 is 1.35 bits per heavy atom. The summed E-state index contributed by atoms with van der Waals surface area (Å²) in [7, 11) is 1.79. The van der Waals surface area contributed by atoms with Crippen molar-refractivity contribution >= 4 is 17.2 Å². The van der Waals surface area contributed by atoms with Crippen LogP contribution < -0.4 is 5.32 Å². The lowest BCUT2D eigenvalue weighted by Gasteiger charge is -2.41. The smallest absolute Gasteiger partial charge is 0.276 e. The van der Waals surface area contributed by atoms with Crippen LogP contribution in [0.5, 0.6) is 0 Å². The number of aryl methyl sites for hydroxylation is 2. The molecule has 1 aliphatic carbocycles. The first-order valence-electron chi connectivity index (χ1n) is 8.81. The summed E-state index contributed by atoms with van der Waals surface area (Å²) < 4.78 is 9.52. The number of carbonyl (C=O) groups is 1. The maximum absolute atomic E-state index is 12.4. The van der Waals surface area contributed by atoms with E-state index in [1.54, 1.807) is 24.0 Å². The van der Waals surface area contributed by atoms with Crippen molar-refractivity contribution in [1.82, 2.24) is 19.2 Å². The Balaban J connectivity index is 1.46. The molecule has 0 radical (unpaired) electrons. The van der Waals surface area contributed by atoms with Gasteiger partial charge in [0.15, 0.2) is 5.69 Å². The molecule has 26 heavy (non-hydrogen) atoms. The summed E-state index contributed by atoms with van der Waals surface area (Å²) in [6.07, 6.45) is 7.80. The van der Waals surface area contributed by atoms with E-state index in [9.17, 15) is 4.79 Å². The lowest BCUT2D eigenvalue weighted by atomic mass is 9.62. The van der Waals surface area contributed by atoms with Crippen LogP contribution in [0.15, 0.2) is 30.7 Å². The van der Waals surface area contributed by atoms with E-state index < -0.39 is 0 Å². The van der Waals surface area contributed by atoms with Crippen molar-refractivity contribution in [3.05, 3.63) is 47.7 Å². The molecule has 2 aliphatic heterocycles. The van der Waals surface area contributed by atoms with Gasteiger partial charge < -0.3 is 14.5 Å². The molecule has 1 N–H and O–H groups in total. The largest absolute Gasteiger partial charge is 0.374 e. The van der Waals surface area contributed by atoms with Gasteiger partial charge in [-0.2, -0.15) is 5.10 Å². The molecule has 0 spiro atoms. The summed E-state index contributed by atoms with van der Waals surface area (Å²) in [5.74, 6) is -0.220. The van der Waals surface area contributed by atoms with E-state index in [0.717, 1.165) is 42.0 Å². The van der Waals surface area contributed by atoms with Gasteiger partial charge in [0.1, 0.15) is 5.65 Å². The number of hydrogen-bond donors (Lipinski definition) is 1. The van der Waals surface area contributed by atoms with E-state index in [1.807, 2.05) is 23.6 Å². The van der Waals surface area contributed by atoms with Crippen LogP contribution in [-0.4, -0.2) is 37.3 Å². The molecule has 2 bridgehead atoms. The summed E-state index contributed by atoms with van der Waals surface area (Å²) >= 11 is 0. The van der Waals surface area contributed by atoms with E-state index in [1.165, 1.54) is 0 Å². The van der Waals surface area contributed by atoms with Crippen molar-refractivity contribution in [3.63, 3.8) is 0 Å². The Kier molecular flexibility index (Phi) is 2.96. The molecule has 0 unspecified atom stereocenters. The van der Waals surface area contributed by atoms with E-state index in [4.69, 9.17) is 9.72 Å². The van der Waals surface area contributed by atoms with Crippen LogP contribution in [0.25, 0.3) is 5.65 Å². The summed E-state index contributed by atoms with van der Waals surface area (Å²) in [6.45, 7) is 4.93. The quantitative estimate of drug-likeness (QED) is 0.787. The second kappa shape index (κ2) is 4.94. The second-order valence-electron chi connectivity index (χ2n) is 7.97. The van der Waals surface area contributed by atoms with Gasteiger partial charge in [-0.05, 0) is 44.4 Å². The number of fused-ring (bicyclic) bond motifs is 2. The Labute approximate surface area is 151 Å². The van der Waals surface area contributed by atoms with Gasteiger partial charge in [0.2, 0.25) is 0 Å². The molecule has 6 rings (SSSR count). The number of carbonyl (C=O) groups excluding carboxylic acids is 1. The lowest BCUT2D eigenvalue weighted by molar-refractivity contribution is 0.0154. The lowest BCUT2D eigenvalue weighted by Crippen LogP contribution is -2.45. The first-order valence-corrected chi connectivity index (χ1v) is 8.81. The van der Waals surface area contributed by atoms with Crippen LogP contribution in [0, 0.1) is 6.92 Å². The molecule has 1 saturated carbocycles. The zero-order valence-corrected chi connectivity index (χ0v) is 15.1. The normalized spacial score (nSPS) is 26.9. The van der Waals surface area contributed by atoms with Gasteiger partial charge in [0, 0.05) is 31.1 Å². The van der Waals surface area contributed by atoms with Crippen LogP contribution in [-0.2, 0) is 17.2 Å². The van der Waals surface area contributed by atoms with Crippen LogP contribution in [0.1, 0.15) is 41.5 Å². The molecule has 0 aromatic carbocycles. The molecular weight excluding hydrogens is 330 g/mol. The van der Waals surface area contributed by atoms with Gasteiger partial charge in [-0.15, -0.1) is 0 Å². The third-order valence-electron chi connectivity index (χ3n) is 5.60. The predicted octanol–water partition coefficient (Wildman–Crippen LogP) is 2.45. The predicted molar refractivity (Wildman–Crippen MR) is 96.4 cm³/mol. The topological polar surface area (TPSA) is 73.5 Å². The number of aromatic nitrogens is 4. The van der Waals surface area contributed by atoms with Gasteiger partial charge in [-0.3, -0.25) is 9.48 Å². The highest BCUT2D eigenvalue weighted by Gasteiger charge is 2.61. The van der Waals surface area contributed by atoms with Gasteiger partial charge in [-0.25, -0.2) is 4.98 Å². The minimum atomic E-state index is -0.220. The van der Waals surface area contributed by atoms with Gasteiger partial charge >= 0.3 is 0 Å². The Morgan fingerprint density at radius 3 is 2.81 bits per heavy atom. The van der Waals surface area contributed by atoms with E-state index in [2.05, 4.69) is 23.5 Å².